The molecule has 0 aromatic heterocycles. The number of aliphatic hydroxyl groups is 1. The standard InChI is InChI=1S/C27H41N3O7/c1-17(2)15-19(28-26(35)37-27(3,4)5)23(32)29-24(33)20-13-10-14-30(20)21(22(31)25(34)36-6)16-18-11-8-7-9-12-18/h7-9,11-12,17,19-22,31H,10,13-16H2,1-6H3,(H,28,35)(H,29,32,33)/t19-,20-,21-,22+/m0/s1. The minimum atomic E-state index is -1.48. The fourth-order valence-electron chi connectivity index (χ4n) is 4.46. The van der Waals surface area contributed by atoms with Gasteiger partial charge in [-0.15, -0.1) is 0 Å². The predicted octanol–water partition coefficient (Wildman–Crippen LogP) is 2.18. The molecule has 1 aliphatic heterocycles. The molecule has 0 aliphatic carbocycles. The molecular weight excluding hydrogens is 478 g/mol. The highest BCUT2D eigenvalue weighted by atomic mass is 16.6. The molecule has 1 aromatic carbocycles. The topological polar surface area (TPSA) is 134 Å². The molecule has 10 heteroatoms. The van der Waals surface area contributed by atoms with Crippen LogP contribution in [0.5, 0.6) is 0 Å². The monoisotopic (exact) mass is 519 g/mol. The first kappa shape index (κ1) is 30.2. The third kappa shape index (κ3) is 9.44. The number of nitrogens with one attached hydrogen (secondary N) is 2. The Morgan fingerprint density at radius 2 is 1.78 bits per heavy atom. The number of aliphatic hydroxyl groups excluding tert-OH is 1. The van der Waals surface area contributed by atoms with Crippen LogP contribution in [0.15, 0.2) is 30.3 Å². The summed E-state index contributed by atoms with van der Waals surface area (Å²) in [4.78, 5) is 52.6. The number of benzene rings is 1. The SMILES string of the molecule is COC(=O)[C@H](O)[C@H](Cc1ccccc1)N1CCC[C@H]1C(=O)NC(=O)[C@H](CC(C)C)NC(=O)OC(C)(C)C. The molecule has 1 aliphatic rings. The quantitative estimate of drug-likeness (QED) is 0.401. The minimum Gasteiger partial charge on any atom is -0.467 e. The van der Waals surface area contributed by atoms with E-state index in [1.54, 1.807) is 25.7 Å². The van der Waals surface area contributed by atoms with Crippen LogP contribution < -0.4 is 10.6 Å². The molecule has 10 nitrogen and oxygen atoms in total. The first-order chi connectivity index (χ1) is 17.3. The summed E-state index contributed by atoms with van der Waals surface area (Å²) < 4.78 is 10.0. The summed E-state index contributed by atoms with van der Waals surface area (Å²) in [7, 11) is 1.20. The van der Waals surface area contributed by atoms with E-state index in [-0.39, 0.29) is 5.92 Å². The molecule has 1 fully saturated rings. The average molecular weight is 520 g/mol. The van der Waals surface area contributed by atoms with Crippen LogP contribution in [0.1, 0.15) is 59.4 Å². The molecule has 1 aromatic rings. The zero-order chi connectivity index (χ0) is 27.8. The normalized spacial score (nSPS) is 18.5. The van der Waals surface area contributed by atoms with E-state index in [0.29, 0.717) is 32.2 Å². The summed E-state index contributed by atoms with van der Waals surface area (Å²) in [6.45, 7) is 9.42. The highest BCUT2D eigenvalue weighted by Crippen LogP contribution is 2.25. The number of rotatable bonds is 10. The lowest BCUT2D eigenvalue weighted by Gasteiger charge is -2.34. The Labute approximate surface area is 219 Å². The molecule has 0 saturated carbocycles. The van der Waals surface area contributed by atoms with E-state index in [0.717, 1.165) is 5.56 Å². The zero-order valence-electron chi connectivity index (χ0n) is 22.7. The fraction of sp³-hybridized carbons (Fsp3) is 0.630. The highest BCUT2D eigenvalue weighted by Gasteiger charge is 2.41. The lowest BCUT2D eigenvalue weighted by molar-refractivity contribution is -0.155. The van der Waals surface area contributed by atoms with Gasteiger partial charge >= 0.3 is 12.1 Å². The van der Waals surface area contributed by atoms with Crippen LogP contribution in [0.3, 0.4) is 0 Å². The van der Waals surface area contributed by atoms with Crippen molar-refractivity contribution < 1.29 is 33.8 Å². The van der Waals surface area contributed by atoms with Gasteiger partial charge in [0.2, 0.25) is 11.8 Å². The molecule has 2 rings (SSSR count). The number of likely N-dealkylation sites (tertiary alicyclic amines) is 1. The fourth-order valence-corrected chi connectivity index (χ4v) is 4.46. The van der Waals surface area contributed by atoms with E-state index in [1.807, 2.05) is 44.2 Å². The smallest absolute Gasteiger partial charge is 0.408 e. The number of esters is 1. The number of hydrogen-bond donors (Lipinski definition) is 3. The van der Waals surface area contributed by atoms with Crippen LogP contribution in [0.4, 0.5) is 4.79 Å². The maximum atomic E-state index is 13.3. The third-order valence-corrected chi connectivity index (χ3v) is 6.08. The number of nitrogens with zero attached hydrogens (tertiary/aromatic N) is 1. The zero-order valence-corrected chi connectivity index (χ0v) is 22.7. The lowest BCUT2D eigenvalue weighted by Crippen LogP contribution is -2.57. The molecule has 3 N–H and O–H groups in total. The summed E-state index contributed by atoms with van der Waals surface area (Å²) in [5.41, 5.74) is 0.147. The predicted molar refractivity (Wildman–Crippen MR) is 137 cm³/mol. The summed E-state index contributed by atoms with van der Waals surface area (Å²) in [5, 5.41) is 15.8. The molecule has 3 amide bonds. The van der Waals surface area contributed by atoms with E-state index in [9.17, 15) is 24.3 Å². The van der Waals surface area contributed by atoms with Gasteiger partial charge in [-0.25, -0.2) is 9.59 Å². The van der Waals surface area contributed by atoms with E-state index in [4.69, 9.17) is 9.47 Å². The average Bonchev–Trinajstić information content (AvgIpc) is 3.30. The van der Waals surface area contributed by atoms with Crippen LogP contribution >= 0.6 is 0 Å². The molecule has 0 unspecified atom stereocenters. The molecule has 1 saturated heterocycles. The molecule has 0 spiro atoms. The van der Waals surface area contributed by atoms with Crippen LogP contribution in [-0.2, 0) is 30.3 Å². The van der Waals surface area contributed by atoms with Crippen molar-refractivity contribution in [2.75, 3.05) is 13.7 Å². The van der Waals surface area contributed by atoms with Crippen LogP contribution in [0, 0.1) is 5.92 Å². The van der Waals surface area contributed by atoms with Crippen molar-refractivity contribution in [1.29, 1.82) is 0 Å². The minimum absolute atomic E-state index is 0.0641. The molecule has 0 radical (unpaired) electrons. The van der Waals surface area contributed by atoms with Gasteiger partial charge in [0.25, 0.3) is 0 Å². The highest BCUT2D eigenvalue weighted by molar-refractivity contribution is 6.01. The van der Waals surface area contributed by atoms with Gasteiger partial charge in [0, 0.05) is 0 Å². The Kier molecular flexibility index (Phi) is 11.1. The van der Waals surface area contributed by atoms with Crippen LogP contribution in [-0.4, -0.2) is 77.4 Å². The van der Waals surface area contributed by atoms with Crippen molar-refractivity contribution >= 4 is 23.9 Å². The van der Waals surface area contributed by atoms with E-state index < -0.39 is 53.7 Å². The Morgan fingerprint density at radius 1 is 1.14 bits per heavy atom. The number of alkyl carbamates (subject to hydrolysis) is 1. The van der Waals surface area contributed by atoms with Crippen molar-refractivity contribution in [3.63, 3.8) is 0 Å². The maximum absolute atomic E-state index is 13.3. The lowest BCUT2D eigenvalue weighted by atomic mass is 9.98. The summed E-state index contributed by atoms with van der Waals surface area (Å²) >= 11 is 0. The molecule has 4 atom stereocenters. The number of carbonyl (C=O) groups is 4. The van der Waals surface area contributed by atoms with Crippen molar-refractivity contribution in [3.8, 4) is 0 Å². The number of amides is 3. The van der Waals surface area contributed by atoms with E-state index in [2.05, 4.69) is 10.6 Å². The molecular formula is C27H41N3O7. The first-order valence-corrected chi connectivity index (χ1v) is 12.7. The summed E-state index contributed by atoms with van der Waals surface area (Å²) in [6.07, 6.45) is -0.497. The van der Waals surface area contributed by atoms with Gasteiger partial charge in [-0.2, -0.15) is 0 Å². The summed E-state index contributed by atoms with van der Waals surface area (Å²) in [5.74, 6) is -1.90. The Balaban J connectivity index is 2.19. The van der Waals surface area contributed by atoms with Crippen molar-refractivity contribution in [3.05, 3.63) is 35.9 Å². The van der Waals surface area contributed by atoms with E-state index >= 15 is 0 Å². The second-order valence-electron chi connectivity index (χ2n) is 10.8. The number of imide groups is 1. The van der Waals surface area contributed by atoms with Crippen molar-refractivity contribution in [1.82, 2.24) is 15.5 Å². The Hall–Kier alpha value is -2.98. The second-order valence-corrected chi connectivity index (χ2v) is 10.8. The maximum Gasteiger partial charge on any atom is 0.408 e. The van der Waals surface area contributed by atoms with Crippen LogP contribution in [0.25, 0.3) is 0 Å². The number of hydrogen-bond acceptors (Lipinski definition) is 8. The third-order valence-electron chi connectivity index (χ3n) is 6.08. The number of carbonyl (C=O) groups excluding carboxylic acids is 4. The molecule has 1 heterocycles. The Bertz CT molecular complexity index is 930. The van der Waals surface area contributed by atoms with Crippen LogP contribution in [0.2, 0.25) is 0 Å². The van der Waals surface area contributed by atoms with Gasteiger partial charge in [-0.3, -0.25) is 19.8 Å². The molecule has 0 bridgehead atoms. The van der Waals surface area contributed by atoms with Crippen molar-refractivity contribution in [2.24, 2.45) is 5.92 Å². The number of ether oxygens (including phenoxy) is 2. The van der Waals surface area contributed by atoms with Gasteiger partial charge in [-0.05, 0) is 64.5 Å². The molecule has 37 heavy (non-hydrogen) atoms. The van der Waals surface area contributed by atoms with Gasteiger partial charge in [0.15, 0.2) is 6.10 Å². The van der Waals surface area contributed by atoms with Gasteiger partial charge < -0.3 is 19.9 Å². The van der Waals surface area contributed by atoms with Gasteiger partial charge in [0.1, 0.15) is 11.6 Å². The summed E-state index contributed by atoms with van der Waals surface area (Å²) in [6, 6.07) is 6.91. The largest absolute Gasteiger partial charge is 0.467 e. The second kappa shape index (κ2) is 13.5. The first-order valence-electron chi connectivity index (χ1n) is 12.7. The van der Waals surface area contributed by atoms with Gasteiger partial charge in [0.05, 0.1) is 19.2 Å². The number of methoxy groups -OCH3 is 1. The Morgan fingerprint density at radius 3 is 2.35 bits per heavy atom. The molecule has 206 valence electrons. The van der Waals surface area contributed by atoms with Crippen molar-refractivity contribution in [2.45, 2.75) is 90.1 Å². The van der Waals surface area contributed by atoms with Gasteiger partial charge in [-0.1, -0.05) is 44.2 Å². The van der Waals surface area contributed by atoms with E-state index in [1.165, 1.54) is 7.11 Å².